The average molecular weight is 512 g/mol. The number of benzene rings is 2. The van der Waals surface area contributed by atoms with Crippen LogP contribution < -0.4 is 5.32 Å². The van der Waals surface area contributed by atoms with E-state index in [-0.39, 0.29) is 5.91 Å². The van der Waals surface area contributed by atoms with Crippen LogP contribution in [-0.2, 0) is 6.54 Å². The van der Waals surface area contributed by atoms with Crippen molar-refractivity contribution in [2.45, 2.75) is 38.3 Å². The van der Waals surface area contributed by atoms with Gasteiger partial charge in [-0.25, -0.2) is 0 Å². The van der Waals surface area contributed by atoms with Crippen LogP contribution in [0.25, 0.3) is 10.9 Å². The average Bonchev–Trinajstić information content (AvgIpc) is 2.90. The molecule has 1 amide bonds. The maximum absolute atomic E-state index is 12.9. The van der Waals surface area contributed by atoms with Crippen LogP contribution in [0.5, 0.6) is 0 Å². The van der Waals surface area contributed by atoms with Gasteiger partial charge in [0.2, 0.25) is 0 Å². The molecule has 184 valence electrons. The molecule has 1 unspecified atom stereocenters. The molecule has 0 radical (unpaired) electrons. The molecule has 2 aliphatic heterocycles. The largest absolute Gasteiger partial charge is 0.352 e. The molecule has 2 aliphatic rings. The molecule has 1 aromatic heterocycles. The van der Waals surface area contributed by atoms with E-state index >= 15 is 0 Å². The van der Waals surface area contributed by atoms with Crippen molar-refractivity contribution in [1.29, 1.82) is 0 Å². The minimum atomic E-state index is -0.0659. The first-order valence-electron chi connectivity index (χ1n) is 12.5. The summed E-state index contributed by atoms with van der Waals surface area (Å²) < 4.78 is 0. The Balaban J connectivity index is 1.11. The third kappa shape index (κ3) is 5.95. The quantitative estimate of drug-likeness (QED) is 0.502. The third-order valence-electron chi connectivity index (χ3n) is 7.36. The molecule has 2 saturated heterocycles. The summed E-state index contributed by atoms with van der Waals surface area (Å²) in [5.41, 5.74) is 2.55. The van der Waals surface area contributed by atoms with Crippen molar-refractivity contribution < 1.29 is 4.79 Å². The van der Waals surface area contributed by atoms with Crippen LogP contribution in [0, 0.1) is 5.92 Å². The molecule has 35 heavy (non-hydrogen) atoms. The smallest absolute Gasteiger partial charge is 0.253 e. The van der Waals surface area contributed by atoms with E-state index in [0.29, 0.717) is 34.1 Å². The Labute approximate surface area is 216 Å². The number of fused-ring (bicyclic) bond motifs is 1. The van der Waals surface area contributed by atoms with Gasteiger partial charge in [-0.05, 0) is 75.0 Å². The van der Waals surface area contributed by atoms with Gasteiger partial charge in [-0.3, -0.25) is 14.6 Å². The van der Waals surface area contributed by atoms with E-state index in [1.165, 1.54) is 24.8 Å². The molecule has 0 spiro atoms. The lowest BCUT2D eigenvalue weighted by Crippen LogP contribution is -2.49. The fraction of sp³-hybridized carbons (Fsp3) is 0.444. The first-order chi connectivity index (χ1) is 17.1. The summed E-state index contributed by atoms with van der Waals surface area (Å²) in [7, 11) is 0. The fourth-order valence-corrected chi connectivity index (χ4v) is 5.78. The van der Waals surface area contributed by atoms with Crippen molar-refractivity contribution in [1.82, 2.24) is 25.3 Å². The van der Waals surface area contributed by atoms with Crippen LogP contribution in [0.3, 0.4) is 0 Å². The lowest BCUT2D eigenvalue weighted by atomic mass is 9.93. The second kappa shape index (κ2) is 11.2. The van der Waals surface area contributed by atoms with Crippen LogP contribution in [0.15, 0.2) is 48.7 Å². The zero-order chi connectivity index (χ0) is 24.2. The van der Waals surface area contributed by atoms with E-state index in [1.54, 1.807) is 6.20 Å². The Morgan fingerprint density at radius 1 is 1.03 bits per heavy atom. The molecule has 0 bridgehead atoms. The van der Waals surface area contributed by atoms with Gasteiger partial charge in [-0.15, -0.1) is 0 Å². The van der Waals surface area contributed by atoms with Gasteiger partial charge in [-0.1, -0.05) is 47.5 Å². The molecular weight excluding hydrogens is 481 g/mol. The molecular formula is C27H31Cl2N5O. The molecule has 2 fully saturated rings. The summed E-state index contributed by atoms with van der Waals surface area (Å²) >= 11 is 12.2. The molecule has 6 nitrogen and oxygen atoms in total. The van der Waals surface area contributed by atoms with Gasteiger partial charge in [0.15, 0.2) is 0 Å². The Hall–Kier alpha value is -2.25. The number of amides is 1. The number of piperidine rings is 2. The number of nitrogens with zero attached hydrogens (tertiary/aromatic N) is 4. The van der Waals surface area contributed by atoms with Gasteiger partial charge in [0.1, 0.15) is 0 Å². The van der Waals surface area contributed by atoms with Crippen molar-refractivity contribution in [3.05, 3.63) is 69.8 Å². The van der Waals surface area contributed by atoms with E-state index in [2.05, 4.69) is 31.4 Å². The molecule has 3 heterocycles. The molecule has 1 N–H and O–H groups in total. The van der Waals surface area contributed by atoms with Gasteiger partial charge < -0.3 is 5.32 Å². The number of carbonyl (C=O) groups is 1. The number of carbonyl (C=O) groups excluding carboxylic acids is 1. The Kier molecular flexibility index (Phi) is 7.83. The van der Waals surface area contributed by atoms with E-state index in [1.807, 2.05) is 36.4 Å². The maximum atomic E-state index is 12.9. The minimum Gasteiger partial charge on any atom is -0.352 e. The highest BCUT2D eigenvalue weighted by atomic mass is 35.5. The summed E-state index contributed by atoms with van der Waals surface area (Å²) in [5, 5.41) is 13.4. The van der Waals surface area contributed by atoms with Crippen molar-refractivity contribution in [2.75, 3.05) is 32.7 Å². The van der Waals surface area contributed by atoms with Crippen molar-refractivity contribution in [2.24, 2.45) is 5.92 Å². The highest BCUT2D eigenvalue weighted by Crippen LogP contribution is 2.26. The fourth-order valence-electron chi connectivity index (χ4n) is 5.45. The number of halogens is 2. The minimum absolute atomic E-state index is 0.0659. The van der Waals surface area contributed by atoms with E-state index in [4.69, 9.17) is 23.2 Å². The lowest BCUT2D eigenvalue weighted by molar-refractivity contribution is 0.0675. The van der Waals surface area contributed by atoms with Crippen molar-refractivity contribution in [3.8, 4) is 0 Å². The summed E-state index contributed by atoms with van der Waals surface area (Å²) in [5.74, 6) is 0.409. The van der Waals surface area contributed by atoms with Gasteiger partial charge in [0.05, 0.1) is 27.3 Å². The van der Waals surface area contributed by atoms with Crippen molar-refractivity contribution in [3.63, 3.8) is 0 Å². The standard InChI is InChI=1S/C27H31Cl2N5O/c28-24-8-7-19(14-25(24)29)17-33-12-9-21(10-13-33)34-11-3-4-20(18-34)15-30-27(35)23-16-31-32-26-6-2-1-5-22(23)26/h1-2,5-8,14,16,20-21H,3-4,9-13,15,17-18H2,(H,30,35). The monoisotopic (exact) mass is 511 g/mol. The number of hydrogen-bond donors (Lipinski definition) is 1. The van der Waals surface area contributed by atoms with E-state index in [9.17, 15) is 4.79 Å². The third-order valence-corrected chi connectivity index (χ3v) is 8.10. The maximum Gasteiger partial charge on any atom is 0.253 e. The van der Waals surface area contributed by atoms with Crippen LogP contribution in [0.2, 0.25) is 10.0 Å². The van der Waals surface area contributed by atoms with E-state index < -0.39 is 0 Å². The summed E-state index contributed by atoms with van der Waals surface area (Å²) in [6.45, 7) is 5.99. The van der Waals surface area contributed by atoms with E-state index in [0.717, 1.165) is 50.0 Å². The van der Waals surface area contributed by atoms with Crippen LogP contribution in [0.1, 0.15) is 41.6 Å². The van der Waals surface area contributed by atoms with Crippen LogP contribution >= 0.6 is 23.2 Å². The second-order valence-electron chi connectivity index (χ2n) is 9.74. The van der Waals surface area contributed by atoms with Gasteiger partial charge in [0.25, 0.3) is 5.91 Å². The SMILES string of the molecule is O=C(NCC1CCCN(C2CCN(Cc3ccc(Cl)c(Cl)c3)CC2)C1)c1cnnc2ccccc12. The predicted octanol–water partition coefficient (Wildman–Crippen LogP) is 5.04. The summed E-state index contributed by atoms with van der Waals surface area (Å²) in [6, 6.07) is 14.2. The summed E-state index contributed by atoms with van der Waals surface area (Å²) in [4.78, 5) is 18.1. The first-order valence-corrected chi connectivity index (χ1v) is 13.2. The number of hydrogen-bond acceptors (Lipinski definition) is 5. The first kappa shape index (κ1) is 24.4. The number of nitrogens with one attached hydrogen (secondary N) is 1. The summed E-state index contributed by atoms with van der Waals surface area (Å²) in [6.07, 6.45) is 6.26. The Morgan fingerprint density at radius 3 is 2.69 bits per heavy atom. The predicted molar refractivity (Wildman–Crippen MR) is 141 cm³/mol. The topological polar surface area (TPSA) is 61.4 Å². The molecule has 0 saturated carbocycles. The number of aromatic nitrogens is 2. The highest BCUT2D eigenvalue weighted by Gasteiger charge is 2.29. The molecule has 5 rings (SSSR count). The number of rotatable bonds is 6. The van der Waals surface area contributed by atoms with Gasteiger partial charge in [-0.2, -0.15) is 10.2 Å². The highest BCUT2D eigenvalue weighted by molar-refractivity contribution is 6.42. The van der Waals surface area contributed by atoms with Crippen molar-refractivity contribution >= 4 is 40.0 Å². The molecule has 3 aromatic rings. The zero-order valence-electron chi connectivity index (χ0n) is 19.8. The number of likely N-dealkylation sites (tertiary alicyclic amines) is 2. The van der Waals surface area contributed by atoms with Crippen LogP contribution in [0.4, 0.5) is 0 Å². The zero-order valence-corrected chi connectivity index (χ0v) is 21.3. The molecule has 2 aromatic carbocycles. The second-order valence-corrected chi connectivity index (χ2v) is 10.6. The lowest BCUT2D eigenvalue weighted by Gasteiger charge is -2.42. The normalized spacial score (nSPS) is 20.2. The Morgan fingerprint density at radius 2 is 1.86 bits per heavy atom. The molecule has 0 aliphatic carbocycles. The molecule has 1 atom stereocenters. The van der Waals surface area contributed by atoms with Crippen LogP contribution in [-0.4, -0.2) is 64.7 Å². The van der Waals surface area contributed by atoms with Gasteiger partial charge >= 0.3 is 0 Å². The molecule has 8 heteroatoms. The Bertz CT molecular complexity index is 1180. The van der Waals surface area contributed by atoms with Gasteiger partial charge in [0, 0.05) is 31.1 Å².